The Labute approximate surface area is 86.4 Å². The summed E-state index contributed by atoms with van der Waals surface area (Å²) in [6.45, 7) is 3.08. The molecule has 0 aromatic heterocycles. The number of ether oxygens (including phenoxy) is 1. The van der Waals surface area contributed by atoms with Crippen LogP contribution in [0.25, 0.3) is 0 Å². The van der Waals surface area contributed by atoms with E-state index < -0.39 is 0 Å². The van der Waals surface area contributed by atoms with E-state index in [1.165, 1.54) is 38.6 Å². The monoisotopic (exact) mass is 198 g/mol. The second kappa shape index (κ2) is 5.10. The first kappa shape index (κ1) is 10.4. The molecule has 0 spiro atoms. The van der Waals surface area contributed by atoms with Gasteiger partial charge in [-0.3, -0.25) is 0 Å². The van der Waals surface area contributed by atoms with E-state index in [1.807, 2.05) is 0 Å². The average Bonchev–Trinajstić information content (AvgIpc) is 2.63. The standard InChI is InChI=1S/C11H22N2O/c12-10-1-2-11(7-10)13-8-9-3-5-14-6-4-9/h9-11,13H,1-8,12H2. The maximum Gasteiger partial charge on any atom is 0.0469 e. The van der Waals surface area contributed by atoms with Crippen molar-refractivity contribution in [3.8, 4) is 0 Å². The number of hydrogen-bond donors (Lipinski definition) is 2. The van der Waals surface area contributed by atoms with Gasteiger partial charge in [0.25, 0.3) is 0 Å². The van der Waals surface area contributed by atoms with Crippen LogP contribution in [0.15, 0.2) is 0 Å². The molecule has 0 amide bonds. The fraction of sp³-hybridized carbons (Fsp3) is 1.00. The molecule has 3 heteroatoms. The molecule has 2 unspecified atom stereocenters. The van der Waals surface area contributed by atoms with Crippen LogP contribution < -0.4 is 11.1 Å². The lowest BCUT2D eigenvalue weighted by atomic mass is 10.00. The van der Waals surface area contributed by atoms with E-state index in [9.17, 15) is 0 Å². The number of hydrogen-bond acceptors (Lipinski definition) is 3. The molecular weight excluding hydrogens is 176 g/mol. The molecule has 2 fully saturated rings. The van der Waals surface area contributed by atoms with Crippen molar-refractivity contribution < 1.29 is 4.74 Å². The summed E-state index contributed by atoms with van der Waals surface area (Å²) in [4.78, 5) is 0. The molecule has 1 saturated heterocycles. The molecule has 2 aliphatic rings. The first-order valence-corrected chi connectivity index (χ1v) is 5.91. The van der Waals surface area contributed by atoms with Crippen LogP contribution in [-0.4, -0.2) is 31.8 Å². The summed E-state index contributed by atoms with van der Waals surface area (Å²) in [6.07, 6.45) is 6.09. The van der Waals surface area contributed by atoms with Gasteiger partial charge in [-0.2, -0.15) is 0 Å². The average molecular weight is 198 g/mol. The lowest BCUT2D eigenvalue weighted by Gasteiger charge is -2.24. The summed E-state index contributed by atoms with van der Waals surface area (Å²) < 4.78 is 5.34. The van der Waals surface area contributed by atoms with E-state index in [-0.39, 0.29) is 0 Å². The minimum absolute atomic E-state index is 0.446. The van der Waals surface area contributed by atoms with Crippen molar-refractivity contribution in [2.24, 2.45) is 11.7 Å². The van der Waals surface area contributed by atoms with Crippen LogP contribution in [0.4, 0.5) is 0 Å². The summed E-state index contributed by atoms with van der Waals surface area (Å²) in [6, 6.07) is 1.13. The normalized spacial score (nSPS) is 34.9. The summed E-state index contributed by atoms with van der Waals surface area (Å²) in [5.41, 5.74) is 5.87. The van der Waals surface area contributed by atoms with Gasteiger partial charge in [0.1, 0.15) is 0 Å². The highest BCUT2D eigenvalue weighted by atomic mass is 16.5. The Morgan fingerprint density at radius 1 is 1.14 bits per heavy atom. The lowest BCUT2D eigenvalue weighted by molar-refractivity contribution is 0.0655. The molecule has 0 aromatic rings. The van der Waals surface area contributed by atoms with Gasteiger partial charge >= 0.3 is 0 Å². The third-order valence-electron chi connectivity index (χ3n) is 3.51. The Morgan fingerprint density at radius 3 is 2.57 bits per heavy atom. The van der Waals surface area contributed by atoms with Gasteiger partial charge < -0.3 is 15.8 Å². The smallest absolute Gasteiger partial charge is 0.0469 e. The summed E-state index contributed by atoms with van der Waals surface area (Å²) in [5, 5.41) is 3.65. The molecule has 2 rings (SSSR count). The highest BCUT2D eigenvalue weighted by Crippen LogP contribution is 2.19. The van der Waals surface area contributed by atoms with Crippen molar-refractivity contribution >= 4 is 0 Å². The second-order valence-corrected chi connectivity index (χ2v) is 4.73. The van der Waals surface area contributed by atoms with Crippen molar-refractivity contribution in [3.63, 3.8) is 0 Å². The zero-order chi connectivity index (χ0) is 9.80. The molecule has 14 heavy (non-hydrogen) atoms. The van der Waals surface area contributed by atoms with Crippen LogP contribution in [0.3, 0.4) is 0 Å². The Hall–Kier alpha value is -0.120. The highest BCUT2D eigenvalue weighted by Gasteiger charge is 2.22. The van der Waals surface area contributed by atoms with Crippen LogP contribution >= 0.6 is 0 Å². The highest BCUT2D eigenvalue weighted by molar-refractivity contribution is 4.83. The Kier molecular flexibility index (Phi) is 3.79. The summed E-state index contributed by atoms with van der Waals surface area (Å²) >= 11 is 0. The van der Waals surface area contributed by atoms with Crippen LogP contribution in [0.5, 0.6) is 0 Å². The van der Waals surface area contributed by atoms with Crippen LogP contribution in [0, 0.1) is 5.92 Å². The third kappa shape index (κ3) is 2.94. The number of nitrogens with two attached hydrogens (primary N) is 1. The maximum atomic E-state index is 5.87. The van der Waals surface area contributed by atoms with Crippen molar-refractivity contribution in [1.82, 2.24) is 5.32 Å². The Bertz CT molecular complexity index is 164. The van der Waals surface area contributed by atoms with Gasteiger partial charge in [-0.25, -0.2) is 0 Å². The quantitative estimate of drug-likeness (QED) is 0.708. The predicted molar refractivity (Wildman–Crippen MR) is 57.2 cm³/mol. The molecule has 0 radical (unpaired) electrons. The van der Waals surface area contributed by atoms with Gasteiger partial charge in [-0.1, -0.05) is 0 Å². The van der Waals surface area contributed by atoms with Crippen LogP contribution in [-0.2, 0) is 4.74 Å². The number of rotatable bonds is 3. The second-order valence-electron chi connectivity index (χ2n) is 4.73. The van der Waals surface area contributed by atoms with Gasteiger partial charge in [-0.05, 0) is 44.6 Å². The van der Waals surface area contributed by atoms with E-state index in [1.54, 1.807) is 0 Å². The minimum atomic E-state index is 0.446. The summed E-state index contributed by atoms with van der Waals surface area (Å²) in [5.74, 6) is 0.834. The SMILES string of the molecule is NC1CCC(NCC2CCOCC2)C1. The molecular formula is C11H22N2O. The largest absolute Gasteiger partial charge is 0.381 e. The summed E-state index contributed by atoms with van der Waals surface area (Å²) in [7, 11) is 0. The Morgan fingerprint density at radius 2 is 1.93 bits per heavy atom. The molecule has 3 N–H and O–H groups in total. The van der Waals surface area contributed by atoms with E-state index >= 15 is 0 Å². The van der Waals surface area contributed by atoms with Crippen LogP contribution in [0.2, 0.25) is 0 Å². The fourth-order valence-corrected chi connectivity index (χ4v) is 2.49. The topological polar surface area (TPSA) is 47.3 Å². The van der Waals surface area contributed by atoms with E-state index in [4.69, 9.17) is 10.5 Å². The van der Waals surface area contributed by atoms with Gasteiger partial charge in [0.05, 0.1) is 0 Å². The fourth-order valence-electron chi connectivity index (χ4n) is 2.49. The molecule has 1 aliphatic heterocycles. The molecule has 2 atom stereocenters. The maximum absolute atomic E-state index is 5.87. The zero-order valence-electron chi connectivity index (χ0n) is 8.87. The van der Waals surface area contributed by atoms with E-state index in [0.29, 0.717) is 12.1 Å². The Balaban J connectivity index is 1.61. The molecule has 1 saturated carbocycles. The predicted octanol–water partition coefficient (Wildman–Crippen LogP) is 0.882. The molecule has 3 nitrogen and oxygen atoms in total. The zero-order valence-corrected chi connectivity index (χ0v) is 8.87. The third-order valence-corrected chi connectivity index (χ3v) is 3.51. The lowest BCUT2D eigenvalue weighted by Crippen LogP contribution is -2.34. The van der Waals surface area contributed by atoms with Gasteiger partial charge in [0.15, 0.2) is 0 Å². The van der Waals surface area contributed by atoms with Gasteiger partial charge in [0.2, 0.25) is 0 Å². The molecule has 82 valence electrons. The van der Waals surface area contributed by atoms with Crippen molar-refractivity contribution in [2.45, 2.75) is 44.2 Å². The first-order chi connectivity index (χ1) is 6.84. The van der Waals surface area contributed by atoms with E-state index in [2.05, 4.69) is 5.32 Å². The van der Waals surface area contributed by atoms with Gasteiger partial charge in [-0.15, -0.1) is 0 Å². The van der Waals surface area contributed by atoms with Gasteiger partial charge in [0, 0.05) is 25.3 Å². The first-order valence-electron chi connectivity index (χ1n) is 5.91. The van der Waals surface area contributed by atoms with Crippen LogP contribution in [0.1, 0.15) is 32.1 Å². The molecule has 0 bridgehead atoms. The number of nitrogens with one attached hydrogen (secondary N) is 1. The van der Waals surface area contributed by atoms with Crippen molar-refractivity contribution in [1.29, 1.82) is 0 Å². The van der Waals surface area contributed by atoms with Crippen molar-refractivity contribution in [3.05, 3.63) is 0 Å². The molecule has 1 heterocycles. The minimum Gasteiger partial charge on any atom is -0.381 e. The van der Waals surface area contributed by atoms with E-state index in [0.717, 1.165) is 19.1 Å². The molecule has 0 aromatic carbocycles. The molecule has 1 aliphatic carbocycles. The van der Waals surface area contributed by atoms with Crippen molar-refractivity contribution in [2.75, 3.05) is 19.8 Å².